The summed E-state index contributed by atoms with van der Waals surface area (Å²) < 4.78 is 0. The second-order valence-electron chi connectivity index (χ2n) is 4.28. The summed E-state index contributed by atoms with van der Waals surface area (Å²) in [4.78, 5) is 20.5. The first kappa shape index (κ1) is 14.2. The first-order valence-electron chi connectivity index (χ1n) is 5.80. The van der Waals surface area contributed by atoms with Crippen LogP contribution in [0.5, 0.6) is 0 Å². The van der Waals surface area contributed by atoms with E-state index in [9.17, 15) is 4.79 Å². The van der Waals surface area contributed by atoms with Crippen LogP contribution in [0.3, 0.4) is 0 Å². The molecule has 21 heavy (non-hydrogen) atoms. The van der Waals surface area contributed by atoms with E-state index in [1.165, 1.54) is 0 Å². The molecule has 0 radical (unpaired) electrons. The number of benzene rings is 1. The summed E-state index contributed by atoms with van der Waals surface area (Å²) in [5.41, 5.74) is 0.796. The zero-order valence-electron chi connectivity index (χ0n) is 10.6. The molecule has 2 aromatic heterocycles. The number of H-pyrrole nitrogens is 2. The molecule has 0 amide bonds. The Kier molecular flexibility index (Phi) is 3.52. The molecule has 9 heteroatoms. The van der Waals surface area contributed by atoms with Crippen LogP contribution < -0.4 is 10.5 Å². The molecule has 0 saturated carbocycles. The van der Waals surface area contributed by atoms with Gasteiger partial charge in [0.25, 0.3) is 5.56 Å². The van der Waals surface area contributed by atoms with Crippen LogP contribution in [-0.4, -0.2) is 27.2 Å². The SMILES string of the molecule is CN(c1ccc(Cl)c(Cl)c1)c1nc2c(Cl)[nH]nc2c(=O)[nH]1. The predicted octanol–water partition coefficient (Wildman–Crippen LogP) is 3.37. The highest BCUT2D eigenvalue weighted by Crippen LogP contribution is 2.29. The van der Waals surface area contributed by atoms with Crippen LogP contribution in [0.15, 0.2) is 23.0 Å². The Hall–Kier alpha value is -1.76. The monoisotopic (exact) mass is 343 g/mol. The zero-order chi connectivity index (χ0) is 15.1. The third kappa shape index (κ3) is 2.46. The van der Waals surface area contributed by atoms with Crippen molar-refractivity contribution in [2.24, 2.45) is 0 Å². The van der Waals surface area contributed by atoms with Crippen LogP contribution in [-0.2, 0) is 0 Å². The highest BCUT2D eigenvalue weighted by Gasteiger charge is 2.14. The van der Waals surface area contributed by atoms with E-state index in [1.54, 1.807) is 30.1 Å². The summed E-state index contributed by atoms with van der Waals surface area (Å²) in [6, 6.07) is 5.09. The van der Waals surface area contributed by atoms with Crippen LogP contribution in [0.25, 0.3) is 11.0 Å². The Labute approximate surface area is 133 Å². The third-order valence-corrected chi connectivity index (χ3v) is 3.97. The molecule has 0 aliphatic carbocycles. The molecule has 3 aromatic rings. The molecule has 2 N–H and O–H groups in total. The molecule has 0 aliphatic rings. The fourth-order valence-electron chi connectivity index (χ4n) is 1.84. The van der Waals surface area contributed by atoms with Crippen molar-refractivity contribution >= 4 is 57.5 Å². The van der Waals surface area contributed by atoms with Crippen LogP contribution in [0, 0.1) is 0 Å². The summed E-state index contributed by atoms with van der Waals surface area (Å²) >= 11 is 17.8. The van der Waals surface area contributed by atoms with Gasteiger partial charge in [-0.3, -0.25) is 14.9 Å². The van der Waals surface area contributed by atoms with Crippen molar-refractivity contribution in [2.75, 3.05) is 11.9 Å². The fourth-order valence-corrected chi connectivity index (χ4v) is 2.31. The first-order chi connectivity index (χ1) is 9.97. The molecular formula is C12H8Cl3N5O. The molecule has 0 unspecified atom stereocenters. The van der Waals surface area contributed by atoms with Crippen LogP contribution in [0.2, 0.25) is 15.2 Å². The average molecular weight is 345 g/mol. The zero-order valence-corrected chi connectivity index (χ0v) is 12.9. The second-order valence-corrected chi connectivity index (χ2v) is 5.47. The lowest BCUT2D eigenvalue weighted by Crippen LogP contribution is -2.18. The van der Waals surface area contributed by atoms with E-state index >= 15 is 0 Å². The van der Waals surface area contributed by atoms with E-state index in [1.807, 2.05) is 0 Å². The Morgan fingerprint density at radius 1 is 1.14 bits per heavy atom. The number of aromatic nitrogens is 4. The molecule has 3 rings (SSSR count). The molecule has 2 heterocycles. The molecule has 0 aliphatic heterocycles. The summed E-state index contributed by atoms with van der Waals surface area (Å²) in [6.45, 7) is 0. The molecule has 0 fully saturated rings. The third-order valence-electron chi connectivity index (χ3n) is 2.96. The van der Waals surface area contributed by atoms with Gasteiger partial charge in [-0.25, -0.2) is 4.98 Å². The largest absolute Gasteiger partial charge is 0.315 e. The minimum Gasteiger partial charge on any atom is -0.315 e. The number of rotatable bonds is 2. The van der Waals surface area contributed by atoms with Crippen molar-refractivity contribution in [3.63, 3.8) is 0 Å². The van der Waals surface area contributed by atoms with E-state index in [2.05, 4.69) is 20.2 Å². The van der Waals surface area contributed by atoms with Gasteiger partial charge in [0.2, 0.25) is 5.95 Å². The normalized spacial score (nSPS) is 11.0. The molecule has 0 atom stereocenters. The summed E-state index contributed by atoms with van der Waals surface area (Å²) in [7, 11) is 1.73. The minimum atomic E-state index is -0.384. The van der Waals surface area contributed by atoms with Crippen molar-refractivity contribution in [3.05, 3.63) is 43.8 Å². The number of fused-ring (bicyclic) bond motifs is 1. The Bertz CT molecular complexity index is 888. The summed E-state index contributed by atoms with van der Waals surface area (Å²) in [5.74, 6) is 0.314. The van der Waals surface area contributed by atoms with Gasteiger partial charge in [0.1, 0.15) is 5.52 Å². The molecule has 0 spiro atoms. The Morgan fingerprint density at radius 3 is 2.62 bits per heavy atom. The van der Waals surface area contributed by atoms with E-state index in [4.69, 9.17) is 34.8 Å². The standard InChI is InChI=1S/C12H8Cl3N5O/c1-20(5-2-3-6(13)7(14)4-5)12-16-8-9(11(21)17-12)18-19-10(8)15/h2-4H,1H3,(H,18,19)(H,16,17,21). The number of nitrogens with one attached hydrogen (secondary N) is 2. The van der Waals surface area contributed by atoms with Crippen molar-refractivity contribution < 1.29 is 0 Å². The van der Waals surface area contributed by atoms with Crippen molar-refractivity contribution in [2.45, 2.75) is 0 Å². The molecule has 108 valence electrons. The number of aromatic amines is 2. The lowest BCUT2D eigenvalue weighted by atomic mass is 10.3. The number of anilines is 2. The van der Waals surface area contributed by atoms with Gasteiger partial charge in [-0.05, 0) is 18.2 Å². The van der Waals surface area contributed by atoms with Gasteiger partial charge in [0, 0.05) is 12.7 Å². The van der Waals surface area contributed by atoms with Gasteiger partial charge in [0.15, 0.2) is 10.7 Å². The van der Waals surface area contributed by atoms with Crippen LogP contribution in [0.4, 0.5) is 11.6 Å². The Morgan fingerprint density at radius 2 is 1.90 bits per heavy atom. The molecular weight excluding hydrogens is 337 g/mol. The highest BCUT2D eigenvalue weighted by molar-refractivity contribution is 6.42. The van der Waals surface area contributed by atoms with Gasteiger partial charge in [-0.1, -0.05) is 34.8 Å². The highest BCUT2D eigenvalue weighted by atomic mass is 35.5. The second kappa shape index (κ2) is 5.22. The quantitative estimate of drug-likeness (QED) is 0.747. The number of halogens is 3. The fraction of sp³-hybridized carbons (Fsp3) is 0.0833. The number of hydrogen-bond donors (Lipinski definition) is 2. The van der Waals surface area contributed by atoms with Crippen molar-refractivity contribution in [1.29, 1.82) is 0 Å². The maximum Gasteiger partial charge on any atom is 0.280 e. The molecule has 0 bridgehead atoms. The Balaban J connectivity index is 2.12. The van der Waals surface area contributed by atoms with Crippen molar-refractivity contribution in [3.8, 4) is 0 Å². The predicted molar refractivity (Wildman–Crippen MR) is 84.0 cm³/mol. The lowest BCUT2D eigenvalue weighted by Gasteiger charge is -2.18. The topological polar surface area (TPSA) is 77.7 Å². The smallest absolute Gasteiger partial charge is 0.280 e. The van der Waals surface area contributed by atoms with Gasteiger partial charge < -0.3 is 4.90 Å². The maximum atomic E-state index is 12.0. The van der Waals surface area contributed by atoms with E-state index in [-0.39, 0.29) is 16.2 Å². The molecule has 1 aromatic carbocycles. The van der Waals surface area contributed by atoms with Gasteiger partial charge in [0.05, 0.1) is 10.0 Å². The van der Waals surface area contributed by atoms with E-state index in [0.29, 0.717) is 27.2 Å². The first-order valence-corrected chi connectivity index (χ1v) is 6.93. The van der Waals surface area contributed by atoms with E-state index < -0.39 is 0 Å². The molecule has 6 nitrogen and oxygen atoms in total. The van der Waals surface area contributed by atoms with Crippen molar-refractivity contribution in [1.82, 2.24) is 20.2 Å². The average Bonchev–Trinajstić information content (AvgIpc) is 2.83. The van der Waals surface area contributed by atoms with Gasteiger partial charge >= 0.3 is 0 Å². The maximum absolute atomic E-state index is 12.0. The van der Waals surface area contributed by atoms with Crippen LogP contribution >= 0.6 is 34.8 Å². The summed E-state index contributed by atoms with van der Waals surface area (Å²) in [5, 5.41) is 7.38. The van der Waals surface area contributed by atoms with E-state index in [0.717, 1.165) is 0 Å². The minimum absolute atomic E-state index is 0.159. The van der Waals surface area contributed by atoms with Crippen LogP contribution in [0.1, 0.15) is 0 Å². The number of nitrogens with zero attached hydrogens (tertiary/aromatic N) is 3. The van der Waals surface area contributed by atoms with Gasteiger partial charge in [-0.2, -0.15) is 5.10 Å². The number of hydrogen-bond acceptors (Lipinski definition) is 4. The van der Waals surface area contributed by atoms with Gasteiger partial charge in [-0.15, -0.1) is 0 Å². The summed E-state index contributed by atoms with van der Waals surface area (Å²) in [6.07, 6.45) is 0. The molecule has 0 saturated heterocycles. The lowest BCUT2D eigenvalue weighted by molar-refractivity contribution is 1.04.